The molecule has 1 heterocycles. The Morgan fingerprint density at radius 3 is 2.62 bits per heavy atom. The molecule has 0 radical (unpaired) electrons. The van der Waals surface area contributed by atoms with Crippen molar-refractivity contribution < 1.29 is 9.32 Å². The quantitative estimate of drug-likeness (QED) is 0.773. The van der Waals surface area contributed by atoms with E-state index in [9.17, 15) is 4.79 Å². The van der Waals surface area contributed by atoms with Crippen LogP contribution in [0.3, 0.4) is 0 Å². The summed E-state index contributed by atoms with van der Waals surface area (Å²) in [6, 6.07) is 15.6. The van der Waals surface area contributed by atoms with Crippen LogP contribution >= 0.6 is 0 Å². The van der Waals surface area contributed by atoms with Gasteiger partial charge in [0.1, 0.15) is 0 Å². The fourth-order valence-corrected chi connectivity index (χ4v) is 2.34. The molecular weight excluding hydrogens is 302 g/mol. The zero-order valence-corrected chi connectivity index (χ0v) is 13.7. The minimum atomic E-state index is -0.0734. The number of nitrogens with one attached hydrogen (secondary N) is 1. The van der Waals surface area contributed by atoms with E-state index >= 15 is 0 Å². The standard InChI is InChI=1S/C19H19N3O2/c1-13-6-8-15(9-7-13)19-21-18(24-22-19)11-10-17(23)20-16-5-3-4-14(2)12-16/h3-9,12H,10-11H2,1-2H3,(H,20,23). The van der Waals surface area contributed by atoms with E-state index in [1.165, 1.54) is 5.56 Å². The second-order valence-electron chi connectivity index (χ2n) is 5.80. The number of hydrogen-bond donors (Lipinski definition) is 1. The van der Waals surface area contributed by atoms with Gasteiger partial charge < -0.3 is 9.84 Å². The molecule has 0 atom stereocenters. The Hall–Kier alpha value is -2.95. The van der Waals surface area contributed by atoms with Crippen LogP contribution in [0.25, 0.3) is 11.4 Å². The van der Waals surface area contributed by atoms with Crippen molar-refractivity contribution in [2.45, 2.75) is 26.7 Å². The lowest BCUT2D eigenvalue weighted by Gasteiger charge is -2.04. The topological polar surface area (TPSA) is 68.0 Å². The molecule has 1 aromatic heterocycles. The van der Waals surface area contributed by atoms with Gasteiger partial charge in [-0.3, -0.25) is 4.79 Å². The predicted octanol–water partition coefficient (Wildman–Crippen LogP) is 3.92. The molecule has 0 saturated carbocycles. The fourth-order valence-electron chi connectivity index (χ4n) is 2.34. The number of carbonyl (C=O) groups excluding carboxylic acids is 1. The molecule has 0 aliphatic rings. The first-order valence-corrected chi connectivity index (χ1v) is 7.86. The number of nitrogens with zero attached hydrogens (tertiary/aromatic N) is 2. The van der Waals surface area contributed by atoms with Crippen molar-refractivity contribution in [3.63, 3.8) is 0 Å². The number of benzene rings is 2. The molecule has 3 rings (SSSR count). The monoisotopic (exact) mass is 321 g/mol. The SMILES string of the molecule is Cc1ccc(-c2noc(CCC(=O)Nc3cccc(C)c3)n2)cc1. The molecule has 1 N–H and O–H groups in total. The van der Waals surface area contributed by atoms with Crippen molar-refractivity contribution in [2.24, 2.45) is 0 Å². The van der Waals surface area contributed by atoms with Gasteiger partial charge in [0.25, 0.3) is 0 Å². The van der Waals surface area contributed by atoms with Gasteiger partial charge in [-0.1, -0.05) is 47.1 Å². The van der Waals surface area contributed by atoms with Crippen molar-refractivity contribution in [1.29, 1.82) is 0 Å². The fraction of sp³-hybridized carbons (Fsp3) is 0.211. The summed E-state index contributed by atoms with van der Waals surface area (Å²) in [5, 5.41) is 6.84. The van der Waals surface area contributed by atoms with E-state index in [0.29, 0.717) is 24.6 Å². The summed E-state index contributed by atoms with van der Waals surface area (Å²) in [5.74, 6) is 0.935. The summed E-state index contributed by atoms with van der Waals surface area (Å²) in [5.41, 5.74) is 3.98. The van der Waals surface area contributed by atoms with Gasteiger partial charge in [-0.25, -0.2) is 0 Å². The van der Waals surface area contributed by atoms with E-state index < -0.39 is 0 Å². The van der Waals surface area contributed by atoms with Crippen LogP contribution in [0, 0.1) is 13.8 Å². The molecular formula is C19H19N3O2. The molecule has 5 nitrogen and oxygen atoms in total. The lowest BCUT2D eigenvalue weighted by atomic mass is 10.1. The van der Waals surface area contributed by atoms with E-state index in [4.69, 9.17) is 4.52 Å². The molecule has 0 saturated heterocycles. The van der Waals surface area contributed by atoms with Crippen LogP contribution < -0.4 is 5.32 Å². The first-order chi connectivity index (χ1) is 11.6. The second kappa shape index (κ2) is 7.08. The smallest absolute Gasteiger partial charge is 0.227 e. The molecule has 1 amide bonds. The molecule has 0 unspecified atom stereocenters. The zero-order valence-electron chi connectivity index (χ0n) is 13.7. The molecule has 0 aliphatic carbocycles. The van der Waals surface area contributed by atoms with Crippen LogP contribution in [0.5, 0.6) is 0 Å². The van der Waals surface area contributed by atoms with Gasteiger partial charge >= 0.3 is 0 Å². The van der Waals surface area contributed by atoms with Crippen molar-refractivity contribution >= 4 is 11.6 Å². The predicted molar refractivity (Wildman–Crippen MR) is 92.6 cm³/mol. The van der Waals surface area contributed by atoms with Crippen molar-refractivity contribution in [3.8, 4) is 11.4 Å². The van der Waals surface area contributed by atoms with E-state index in [0.717, 1.165) is 16.8 Å². The third-order valence-corrected chi connectivity index (χ3v) is 3.65. The number of hydrogen-bond acceptors (Lipinski definition) is 4. The maximum atomic E-state index is 12.0. The number of aromatic nitrogens is 2. The lowest BCUT2D eigenvalue weighted by molar-refractivity contribution is -0.116. The maximum Gasteiger partial charge on any atom is 0.227 e. The van der Waals surface area contributed by atoms with Crippen molar-refractivity contribution in [3.05, 3.63) is 65.5 Å². The molecule has 0 spiro atoms. The molecule has 5 heteroatoms. The van der Waals surface area contributed by atoms with E-state index in [-0.39, 0.29) is 5.91 Å². The Morgan fingerprint density at radius 1 is 1.08 bits per heavy atom. The van der Waals surface area contributed by atoms with E-state index in [1.807, 2.05) is 62.4 Å². The largest absolute Gasteiger partial charge is 0.339 e. The van der Waals surface area contributed by atoms with Gasteiger partial charge in [0.05, 0.1) is 0 Å². The summed E-state index contributed by atoms with van der Waals surface area (Å²) in [7, 11) is 0. The van der Waals surface area contributed by atoms with Gasteiger partial charge in [0, 0.05) is 24.1 Å². The first kappa shape index (κ1) is 15.9. The number of anilines is 1. The highest BCUT2D eigenvalue weighted by Crippen LogP contribution is 2.17. The van der Waals surface area contributed by atoms with Crippen LogP contribution in [-0.2, 0) is 11.2 Å². The van der Waals surface area contributed by atoms with Crippen molar-refractivity contribution in [2.75, 3.05) is 5.32 Å². The summed E-state index contributed by atoms with van der Waals surface area (Å²) >= 11 is 0. The maximum absolute atomic E-state index is 12.0. The number of rotatable bonds is 5. The average Bonchev–Trinajstić information content (AvgIpc) is 3.03. The van der Waals surface area contributed by atoms with E-state index in [2.05, 4.69) is 15.5 Å². The first-order valence-electron chi connectivity index (χ1n) is 7.86. The zero-order chi connectivity index (χ0) is 16.9. The third-order valence-electron chi connectivity index (χ3n) is 3.65. The van der Waals surface area contributed by atoms with Gasteiger partial charge in [-0.05, 0) is 31.5 Å². The molecule has 122 valence electrons. The summed E-state index contributed by atoms with van der Waals surface area (Å²) in [4.78, 5) is 16.4. The summed E-state index contributed by atoms with van der Waals surface area (Å²) < 4.78 is 5.23. The molecule has 0 bridgehead atoms. The number of aryl methyl sites for hydroxylation is 3. The van der Waals surface area contributed by atoms with Crippen molar-refractivity contribution in [1.82, 2.24) is 10.1 Å². The van der Waals surface area contributed by atoms with Crippen LogP contribution in [0.15, 0.2) is 53.1 Å². The Kier molecular flexibility index (Phi) is 4.70. The Balaban J connectivity index is 1.57. The lowest BCUT2D eigenvalue weighted by Crippen LogP contribution is -2.12. The average molecular weight is 321 g/mol. The highest BCUT2D eigenvalue weighted by Gasteiger charge is 2.11. The molecule has 0 aliphatic heterocycles. The molecule has 24 heavy (non-hydrogen) atoms. The van der Waals surface area contributed by atoms with Crippen LogP contribution in [0.4, 0.5) is 5.69 Å². The van der Waals surface area contributed by atoms with Gasteiger partial charge in [-0.15, -0.1) is 0 Å². The van der Waals surface area contributed by atoms with Crippen LogP contribution in [-0.4, -0.2) is 16.0 Å². The Labute approximate surface area is 140 Å². The summed E-state index contributed by atoms with van der Waals surface area (Å²) in [6.45, 7) is 4.01. The Bertz CT molecular complexity index is 838. The van der Waals surface area contributed by atoms with E-state index in [1.54, 1.807) is 0 Å². The van der Waals surface area contributed by atoms with Gasteiger partial charge in [-0.2, -0.15) is 4.98 Å². The van der Waals surface area contributed by atoms with Gasteiger partial charge in [0.2, 0.25) is 17.6 Å². The second-order valence-corrected chi connectivity index (χ2v) is 5.80. The van der Waals surface area contributed by atoms with Gasteiger partial charge in [0.15, 0.2) is 0 Å². The molecule has 2 aromatic carbocycles. The number of carbonyl (C=O) groups is 1. The minimum Gasteiger partial charge on any atom is -0.339 e. The highest BCUT2D eigenvalue weighted by atomic mass is 16.5. The molecule has 3 aromatic rings. The van der Waals surface area contributed by atoms with Crippen LogP contribution in [0.2, 0.25) is 0 Å². The summed E-state index contributed by atoms with van der Waals surface area (Å²) in [6.07, 6.45) is 0.708. The highest BCUT2D eigenvalue weighted by molar-refractivity contribution is 5.90. The van der Waals surface area contributed by atoms with Crippen LogP contribution in [0.1, 0.15) is 23.4 Å². The normalized spacial score (nSPS) is 10.6. The minimum absolute atomic E-state index is 0.0734. The third kappa shape index (κ3) is 4.07. The number of amides is 1. The molecule has 0 fully saturated rings. The Morgan fingerprint density at radius 2 is 1.88 bits per heavy atom.